The molecule has 0 saturated heterocycles. The Hall–Kier alpha value is -1.15. The zero-order chi connectivity index (χ0) is 12.1. The second-order valence-corrected chi connectivity index (χ2v) is 5.30. The van der Waals surface area contributed by atoms with Crippen LogP contribution in [0.4, 0.5) is 0 Å². The Kier molecular flexibility index (Phi) is 5.23. The average molecular weight is 239 g/mol. The van der Waals surface area contributed by atoms with Crippen LogP contribution in [-0.2, 0) is 19.4 Å². The van der Waals surface area contributed by atoms with Crippen molar-refractivity contribution in [2.75, 3.05) is 18.6 Å². The lowest BCUT2D eigenvalue weighted by Gasteiger charge is -2.06. The summed E-state index contributed by atoms with van der Waals surface area (Å²) in [7, 11) is -3.21. The van der Waals surface area contributed by atoms with Gasteiger partial charge in [0.1, 0.15) is 9.84 Å². The van der Waals surface area contributed by atoms with Crippen LogP contribution in [0.25, 0.3) is 0 Å². The summed E-state index contributed by atoms with van der Waals surface area (Å²) in [6, 6.07) is 0. The van der Waals surface area contributed by atoms with E-state index in [1.165, 1.54) is 0 Å². The van der Waals surface area contributed by atoms with E-state index < -0.39 is 34.4 Å². The molecule has 0 bridgehead atoms. The topological polar surface area (TPSA) is 121 Å². The third-order valence-electron chi connectivity index (χ3n) is 1.48. The molecule has 88 valence electrons. The van der Waals surface area contributed by atoms with Gasteiger partial charge in [0.15, 0.2) is 6.10 Å². The molecule has 0 saturated carbocycles. The fourth-order valence-electron chi connectivity index (χ4n) is 0.664. The molecular weight excluding hydrogens is 226 g/mol. The van der Waals surface area contributed by atoms with Crippen LogP contribution in [-0.4, -0.2) is 55.2 Å². The van der Waals surface area contributed by atoms with Gasteiger partial charge in [-0.3, -0.25) is 4.79 Å². The van der Waals surface area contributed by atoms with Crippen molar-refractivity contribution in [2.45, 2.75) is 12.5 Å². The lowest BCUT2D eigenvalue weighted by atomic mass is 10.3. The van der Waals surface area contributed by atoms with Crippen LogP contribution in [0.15, 0.2) is 0 Å². The van der Waals surface area contributed by atoms with Gasteiger partial charge < -0.3 is 15.5 Å². The van der Waals surface area contributed by atoms with Crippen molar-refractivity contribution in [3.8, 4) is 0 Å². The predicted octanol–water partition coefficient (Wildman–Crippen LogP) is -2.02. The summed E-state index contributed by atoms with van der Waals surface area (Å²) in [5.41, 5.74) is 0. The standard InChI is InChI=1S/C7H13NO6S/c1-15(13,14)3-2-6(10)8-4-5(9)7(11)12/h5,9H,2-4H2,1H3,(H,8,10)(H,11,12). The van der Waals surface area contributed by atoms with Crippen LogP contribution in [0.2, 0.25) is 0 Å². The molecule has 0 aromatic carbocycles. The molecule has 1 unspecified atom stereocenters. The Morgan fingerprint density at radius 3 is 2.33 bits per heavy atom. The van der Waals surface area contributed by atoms with Gasteiger partial charge in [-0.25, -0.2) is 13.2 Å². The molecule has 15 heavy (non-hydrogen) atoms. The smallest absolute Gasteiger partial charge is 0.334 e. The highest BCUT2D eigenvalue weighted by atomic mass is 32.2. The molecule has 0 aliphatic carbocycles. The third-order valence-corrected chi connectivity index (χ3v) is 2.42. The second kappa shape index (κ2) is 5.66. The molecule has 0 radical (unpaired) electrons. The van der Waals surface area contributed by atoms with E-state index in [0.717, 1.165) is 6.26 Å². The van der Waals surface area contributed by atoms with Gasteiger partial charge in [-0.2, -0.15) is 0 Å². The highest BCUT2D eigenvalue weighted by molar-refractivity contribution is 7.90. The Bertz CT molecular complexity index is 335. The van der Waals surface area contributed by atoms with Gasteiger partial charge in [0, 0.05) is 12.7 Å². The molecule has 3 N–H and O–H groups in total. The van der Waals surface area contributed by atoms with E-state index in [1.807, 2.05) is 0 Å². The molecule has 0 heterocycles. The number of amides is 1. The number of aliphatic hydroxyl groups excluding tert-OH is 1. The van der Waals surface area contributed by atoms with E-state index in [0.29, 0.717) is 0 Å². The summed E-state index contributed by atoms with van der Waals surface area (Å²) in [4.78, 5) is 21.1. The number of hydrogen-bond acceptors (Lipinski definition) is 5. The van der Waals surface area contributed by atoms with Gasteiger partial charge in [0.25, 0.3) is 0 Å². The first-order valence-electron chi connectivity index (χ1n) is 4.07. The van der Waals surface area contributed by atoms with Crippen LogP contribution in [0.1, 0.15) is 6.42 Å². The summed E-state index contributed by atoms with van der Waals surface area (Å²) in [6.45, 7) is -0.433. The molecule has 1 atom stereocenters. The fourth-order valence-corrected chi connectivity index (χ4v) is 1.22. The van der Waals surface area contributed by atoms with Gasteiger partial charge >= 0.3 is 5.97 Å². The number of carboxylic acids is 1. The van der Waals surface area contributed by atoms with Crippen LogP contribution in [0.5, 0.6) is 0 Å². The Labute approximate surface area is 87.0 Å². The summed E-state index contributed by atoms with van der Waals surface area (Å²) in [6.07, 6.45) is -0.926. The number of rotatable bonds is 6. The SMILES string of the molecule is CS(=O)(=O)CCC(=O)NCC(O)C(=O)O. The molecule has 1 amide bonds. The van der Waals surface area contributed by atoms with Crippen molar-refractivity contribution in [3.63, 3.8) is 0 Å². The number of sulfone groups is 1. The largest absolute Gasteiger partial charge is 0.479 e. The Morgan fingerprint density at radius 1 is 1.40 bits per heavy atom. The zero-order valence-electron chi connectivity index (χ0n) is 8.13. The predicted molar refractivity (Wildman–Crippen MR) is 51.0 cm³/mol. The number of nitrogens with one attached hydrogen (secondary N) is 1. The molecule has 8 heteroatoms. The molecule has 0 spiro atoms. The first-order chi connectivity index (χ1) is 6.72. The van der Waals surface area contributed by atoms with E-state index in [9.17, 15) is 18.0 Å². The van der Waals surface area contributed by atoms with Crippen LogP contribution < -0.4 is 5.32 Å². The number of aliphatic hydroxyl groups is 1. The second-order valence-electron chi connectivity index (χ2n) is 3.04. The normalized spacial score (nSPS) is 13.2. The fraction of sp³-hybridized carbons (Fsp3) is 0.714. The van der Waals surface area contributed by atoms with Crippen molar-refractivity contribution in [3.05, 3.63) is 0 Å². The van der Waals surface area contributed by atoms with E-state index in [4.69, 9.17) is 10.2 Å². The van der Waals surface area contributed by atoms with Crippen molar-refractivity contribution < 1.29 is 28.2 Å². The van der Waals surface area contributed by atoms with Crippen LogP contribution >= 0.6 is 0 Å². The minimum absolute atomic E-state index is 0.245. The molecule has 0 aromatic rings. The summed E-state index contributed by atoms with van der Waals surface area (Å²) >= 11 is 0. The Morgan fingerprint density at radius 2 is 1.93 bits per heavy atom. The monoisotopic (exact) mass is 239 g/mol. The molecular formula is C7H13NO6S. The maximum absolute atomic E-state index is 10.9. The number of hydrogen-bond donors (Lipinski definition) is 3. The molecule has 0 aliphatic rings. The minimum Gasteiger partial charge on any atom is -0.479 e. The highest BCUT2D eigenvalue weighted by Gasteiger charge is 2.14. The zero-order valence-corrected chi connectivity index (χ0v) is 8.95. The van der Waals surface area contributed by atoms with Gasteiger partial charge in [0.2, 0.25) is 5.91 Å². The van der Waals surface area contributed by atoms with Gasteiger partial charge in [-0.15, -0.1) is 0 Å². The average Bonchev–Trinajstić information content (AvgIpc) is 2.09. The van der Waals surface area contributed by atoms with Crippen LogP contribution in [0, 0.1) is 0 Å². The van der Waals surface area contributed by atoms with Crippen molar-refractivity contribution >= 4 is 21.7 Å². The lowest BCUT2D eigenvalue weighted by Crippen LogP contribution is -2.37. The minimum atomic E-state index is -3.21. The first-order valence-corrected chi connectivity index (χ1v) is 6.13. The Balaban J connectivity index is 3.82. The summed E-state index contributed by atoms with van der Waals surface area (Å²) in [5, 5.41) is 19.1. The number of carboxylic acid groups (broad SMARTS) is 1. The maximum Gasteiger partial charge on any atom is 0.334 e. The first kappa shape index (κ1) is 13.8. The van der Waals surface area contributed by atoms with E-state index >= 15 is 0 Å². The maximum atomic E-state index is 10.9. The third kappa shape index (κ3) is 7.89. The molecule has 0 fully saturated rings. The van der Waals surface area contributed by atoms with Gasteiger partial charge in [-0.1, -0.05) is 0 Å². The summed E-state index contributed by atoms with van der Waals surface area (Å²) < 4.78 is 21.3. The van der Waals surface area contributed by atoms with E-state index in [2.05, 4.69) is 5.32 Å². The quantitative estimate of drug-likeness (QED) is 0.492. The van der Waals surface area contributed by atoms with Gasteiger partial charge in [-0.05, 0) is 0 Å². The van der Waals surface area contributed by atoms with E-state index in [1.54, 1.807) is 0 Å². The van der Waals surface area contributed by atoms with Crippen LogP contribution in [0.3, 0.4) is 0 Å². The summed E-state index contributed by atoms with van der Waals surface area (Å²) in [5.74, 6) is -2.36. The molecule has 0 aliphatic heterocycles. The van der Waals surface area contributed by atoms with Gasteiger partial charge in [0.05, 0.1) is 12.3 Å². The number of aliphatic carboxylic acids is 1. The van der Waals surface area contributed by atoms with Crippen molar-refractivity contribution in [2.24, 2.45) is 0 Å². The number of carbonyl (C=O) groups is 2. The molecule has 0 rings (SSSR count). The van der Waals surface area contributed by atoms with Crippen molar-refractivity contribution in [1.29, 1.82) is 0 Å². The highest BCUT2D eigenvalue weighted by Crippen LogP contribution is 1.89. The van der Waals surface area contributed by atoms with Crippen molar-refractivity contribution in [1.82, 2.24) is 5.32 Å². The lowest BCUT2D eigenvalue weighted by molar-refractivity contribution is -0.146. The number of carbonyl (C=O) groups excluding carboxylic acids is 1. The molecule has 7 nitrogen and oxygen atoms in total. The van der Waals surface area contributed by atoms with E-state index in [-0.39, 0.29) is 12.2 Å². The molecule has 0 aromatic heterocycles.